The second-order valence-corrected chi connectivity index (χ2v) is 11.2. The molecule has 7 nitrogen and oxygen atoms in total. The first-order valence-electron chi connectivity index (χ1n) is 12.3. The van der Waals surface area contributed by atoms with E-state index in [0.29, 0.717) is 49.1 Å². The Morgan fingerprint density at radius 1 is 1.15 bits per heavy atom. The third-order valence-electron chi connectivity index (χ3n) is 6.72. The van der Waals surface area contributed by atoms with Gasteiger partial charge in [0.25, 0.3) is 5.56 Å². The summed E-state index contributed by atoms with van der Waals surface area (Å²) in [5.41, 5.74) is 0.779. The maximum atomic E-state index is 13.7. The molecular formula is C25H32N4O3S2. The molecule has 182 valence electrons. The van der Waals surface area contributed by atoms with Crippen molar-refractivity contribution in [3.05, 3.63) is 34.6 Å². The molecule has 0 N–H and O–H groups in total. The summed E-state index contributed by atoms with van der Waals surface area (Å²) in [6, 6.07) is 8.06. The van der Waals surface area contributed by atoms with Crippen LogP contribution in [0, 0.1) is 0 Å². The molecule has 0 bridgehead atoms. The Morgan fingerprint density at radius 3 is 2.68 bits per heavy atom. The van der Waals surface area contributed by atoms with Crippen molar-refractivity contribution >= 4 is 49.3 Å². The lowest BCUT2D eigenvalue weighted by molar-refractivity contribution is -0.134. The van der Waals surface area contributed by atoms with Gasteiger partial charge in [-0.2, -0.15) is 0 Å². The summed E-state index contributed by atoms with van der Waals surface area (Å²) in [7, 11) is 0. The van der Waals surface area contributed by atoms with Crippen LogP contribution in [0.5, 0.6) is 0 Å². The van der Waals surface area contributed by atoms with Gasteiger partial charge in [-0.1, -0.05) is 36.9 Å². The number of aromatic nitrogens is 2. The molecule has 2 saturated heterocycles. The second kappa shape index (κ2) is 10.8. The molecule has 2 aromatic heterocycles. The van der Waals surface area contributed by atoms with E-state index < -0.39 is 0 Å². The van der Waals surface area contributed by atoms with Gasteiger partial charge in [0.2, 0.25) is 5.91 Å². The number of amides is 1. The van der Waals surface area contributed by atoms with Gasteiger partial charge in [-0.3, -0.25) is 14.2 Å². The van der Waals surface area contributed by atoms with Crippen molar-refractivity contribution in [3.63, 3.8) is 0 Å². The van der Waals surface area contributed by atoms with Crippen LogP contribution in [0.3, 0.4) is 0 Å². The summed E-state index contributed by atoms with van der Waals surface area (Å²) in [6.45, 7) is 8.36. The van der Waals surface area contributed by atoms with E-state index in [-0.39, 0.29) is 16.7 Å². The highest BCUT2D eigenvalue weighted by Crippen LogP contribution is 2.33. The minimum Gasteiger partial charge on any atom is -0.378 e. The fraction of sp³-hybridized carbons (Fsp3) is 0.560. The average molecular weight is 501 g/mol. The van der Waals surface area contributed by atoms with Crippen LogP contribution in [-0.4, -0.2) is 76.4 Å². The maximum absolute atomic E-state index is 13.7. The van der Waals surface area contributed by atoms with E-state index in [4.69, 9.17) is 9.72 Å². The Hall–Kier alpha value is -1.94. The van der Waals surface area contributed by atoms with Crippen molar-refractivity contribution in [1.82, 2.24) is 19.4 Å². The van der Waals surface area contributed by atoms with Crippen molar-refractivity contribution in [3.8, 4) is 0 Å². The Bertz CT molecular complexity index is 1210. The monoisotopic (exact) mass is 500 g/mol. The molecule has 5 rings (SSSR count). The molecular weight excluding hydrogens is 468 g/mol. The van der Waals surface area contributed by atoms with E-state index >= 15 is 0 Å². The fourth-order valence-electron chi connectivity index (χ4n) is 4.82. The minimum atomic E-state index is -0.266. The lowest BCUT2D eigenvalue weighted by Gasteiger charge is -2.30. The second-order valence-electron chi connectivity index (χ2n) is 8.98. The largest absolute Gasteiger partial charge is 0.378 e. The number of hydrogen-bond acceptors (Lipinski definition) is 7. The van der Waals surface area contributed by atoms with Gasteiger partial charge in [0.05, 0.1) is 24.0 Å². The summed E-state index contributed by atoms with van der Waals surface area (Å²) in [5, 5.41) is 1.41. The lowest BCUT2D eigenvalue weighted by Crippen LogP contribution is -2.44. The normalized spacial score (nSPS) is 18.2. The molecule has 9 heteroatoms. The number of nitrogens with zero attached hydrogens (tertiary/aromatic N) is 4. The van der Waals surface area contributed by atoms with Crippen molar-refractivity contribution < 1.29 is 9.53 Å². The van der Waals surface area contributed by atoms with Crippen LogP contribution in [0.25, 0.3) is 20.3 Å². The number of hydrogen-bond donors (Lipinski definition) is 0. The van der Waals surface area contributed by atoms with E-state index in [9.17, 15) is 9.59 Å². The Balaban J connectivity index is 1.48. The zero-order valence-corrected chi connectivity index (χ0v) is 21.3. The standard InChI is InChI=1S/C25H32N4O3S2/c1-2-19(23(30)28-14-16-32-17-15-28)34-25-26-21-18-8-3-4-9-20(18)33-22(21)24(31)29(25)13-7-12-27-10-5-6-11-27/h3-4,8-9,19H,2,5-7,10-17H2,1H3. The molecule has 2 fully saturated rings. The zero-order chi connectivity index (χ0) is 23.5. The van der Waals surface area contributed by atoms with Gasteiger partial charge >= 0.3 is 0 Å². The van der Waals surface area contributed by atoms with Crippen molar-refractivity contribution in [2.24, 2.45) is 0 Å². The number of fused-ring (bicyclic) bond motifs is 3. The van der Waals surface area contributed by atoms with E-state index in [1.165, 1.54) is 35.9 Å². The predicted octanol–water partition coefficient (Wildman–Crippen LogP) is 3.83. The van der Waals surface area contributed by atoms with Crippen LogP contribution < -0.4 is 5.56 Å². The molecule has 0 aliphatic carbocycles. The molecule has 1 aromatic carbocycles. The van der Waals surface area contributed by atoms with Gasteiger partial charge in [0, 0.05) is 29.7 Å². The molecule has 0 spiro atoms. The van der Waals surface area contributed by atoms with Crippen molar-refractivity contribution in [2.45, 2.75) is 49.6 Å². The number of thiophene rings is 1. The third-order valence-corrected chi connectivity index (χ3v) is 9.21. The first-order chi connectivity index (χ1) is 16.7. The summed E-state index contributed by atoms with van der Waals surface area (Å²) >= 11 is 2.97. The summed E-state index contributed by atoms with van der Waals surface area (Å²) < 4.78 is 9.03. The van der Waals surface area contributed by atoms with Gasteiger partial charge in [-0.05, 0) is 51.4 Å². The van der Waals surface area contributed by atoms with Gasteiger partial charge in [-0.15, -0.1) is 11.3 Å². The summed E-state index contributed by atoms with van der Waals surface area (Å²) in [6.07, 6.45) is 4.11. The molecule has 1 atom stereocenters. The third kappa shape index (κ3) is 4.89. The number of carbonyl (C=O) groups excluding carboxylic acids is 1. The average Bonchev–Trinajstić information content (AvgIpc) is 3.52. The van der Waals surface area contributed by atoms with Crippen LogP contribution in [0.1, 0.15) is 32.6 Å². The minimum absolute atomic E-state index is 0.0174. The Morgan fingerprint density at radius 2 is 1.91 bits per heavy atom. The van der Waals surface area contributed by atoms with E-state index in [1.54, 1.807) is 0 Å². The Kier molecular flexibility index (Phi) is 7.53. The number of carbonyl (C=O) groups is 1. The molecule has 0 radical (unpaired) electrons. The molecule has 3 aromatic rings. The van der Waals surface area contributed by atoms with Crippen LogP contribution in [0.4, 0.5) is 0 Å². The zero-order valence-electron chi connectivity index (χ0n) is 19.7. The van der Waals surface area contributed by atoms with Crippen LogP contribution >= 0.6 is 23.1 Å². The highest BCUT2D eigenvalue weighted by Gasteiger charge is 2.28. The Labute approximate surface area is 208 Å². The molecule has 1 amide bonds. The van der Waals surface area contributed by atoms with E-state index in [1.807, 2.05) is 40.7 Å². The molecule has 2 aliphatic rings. The number of likely N-dealkylation sites (tertiary alicyclic amines) is 1. The van der Waals surface area contributed by atoms with Gasteiger partial charge < -0.3 is 14.5 Å². The first kappa shape index (κ1) is 23.8. The fourth-order valence-corrected chi connectivity index (χ4v) is 7.03. The maximum Gasteiger partial charge on any atom is 0.272 e. The van der Waals surface area contributed by atoms with Gasteiger partial charge in [0.15, 0.2) is 5.16 Å². The smallest absolute Gasteiger partial charge is 0.272 e. The van der Waals surface area contributed by atoms with Gasteiger partial charge in [0.1, 0.15) is 4.70 Å². The van der Waals surface area contributed by atoms with Crippen LogP contribution in [-0.2, 0) is 16.1 Å². The predicted molar refractivity (Wildman–Crippen MR) is 139 cm³/mol. The SMILES string of the molecule is CCC(Sc1nc2c(sc3ccccc32)c(=O)n1CCCN1CCCC1)C(=O)N1CCOCC1. The summed E-state index contributed by atoms with van der Waals surface area (Å²) in [4.78, 5) is 36.3. The topological polar surface area (TPSA) is 67.7 Å². The number of rotatable bonds is 8. The van der Waals surface area contributed by atoms with Gasteiger partial charge in [-0.25, -0.2) is 4.98 Å². The molecule has 34 heavy (non-hydrogen) atoms. The highest BCUT2D eigenvalue weighted by atomic mass is 32.2. The number of benzene rings is 1. The molecule has 1 unspecified atom stereocenters. The van der Waals surface area contributed by atoms with E-state index in [2.05, 4.69) is 4.90 Å². The van der Waals surface area contributed by atoms with Crippen molar-refractivity contribution in [1.29, 1.82) is 0 Å². The molecule has 0 saturated carbocycles. The quantitative estimate of drug-likeness (QED) is 0.346. The van der Waals surface area contributed by atoms with Crippen molar-refractivity contribution in [2.75, 3.05) is 45.9 Å². The summed E-state index contributed by atoms with van der Waals surface area (Å²) in [5.74, 6) is 0.115. The number of thioether (sulfide) groups is 1. The molecule has 2 aliphatic heterocycles. The number of ether oxygens (including phenoxy) is 1. The van der Waals surface area contributed by atoms with Crippen LogP contribution in [0.2, 0.25) is 0 Å². The lowest BCUT2D eigenvalue weighted by atomic mass is 10.2. The molecule has 4 heterocycles. The highest BCUT2D eigenvalue weighted by molar-refractivity contribution is 8.00. The van der Waals surface area contributed by atoms with Crippen LogP contribution in [0.15, 0.2) is 34.2 Å². The number of morpholine rings is 1. The van der Waals surface area contributed by atoms with E-state index in [0.717, 1.165) is 41.7 Å². The first-order valence-corrected chi connectivity index (χ1v) is 14.0.